The molecule has 0 amide bonds. The summed E-state index contributed by atoms with van der Waals surface area (Å²) in [6, 6.07) is 0. The molecule has 40 valence electrons. The van der Waals surface area contributed by atoms with Gasteiger partial charge in [-0.15, -0.1) is 0 Å². The zero-order chi connectivity index (χ0) is 5.11. The van der Waals surface area contributed by atoms with Crippen molar-refractivity contribution in [3.63, 3.8) is 0 Å². The first-order valence-corrected chi connectivity index (χ1v) is 2.77. The number of rotatable bonds is 0. The maximum atomic E-state index is 4.93. The van der Waals surface area contributed by atoms with Crippen LogP contribution < -0.4 is 0 Å². The van der Waals surface area contributed by atoms with E-state index >= 15 is 0 Å². The lowest BCUT2D eigenvalue weighted by atomic mass is 10.1. The molecule has 1 heterocycles. The van der Waals surface area contributed by atoms with Gasteiger partial charge < -0.3 is 4.74 Å². The molecular formula is C6H10O. The molecule has 0 aromatic heterocycles. The van der Waals surface area contributed by atoms with E-state index in [4.69, 9.17) is 4.74 Å². The van der Waals surface area contributed by atoms with Crippen LogP contribution in [0.4, 0.5) is 0 Å². The minimum Gasteiger partial charge on any atom is -0.368 e. The average Bonchev–Trinajstić information content (AvgIpc) is 1.69. The first-order chi connectivity index (χ1) is 3.39. The summed E-state index contributed by atoms with van der Waals surface area (Å²) in [6.45, 7) is 5.89. The van der Waals surface area contributed by atoms with Gasteiger partial charge in [-0.25, -0.2) is 0 Å². The second kappa shape index (κ2) is 2.31. The predicted octanol–water partition coefficient (Wildman–Crippen LogP) is 1.47. The minimum absolute atomic E-state index is 0.564. The third-order valence-electron chi connectivity index (χ3n) is 1.17. The molecule has 0 bridgehead atoms. The van der Waals surface area contributed by atoms with E-state index in [0.29, 0.717) is 5.92 Å². The van der Waals surface area contributed by atoms with Gasteiger partial charge in [0.25, 0.3) is 0 Å². The van der Waals surface area contributed by atoms with Gasteiger partial charge in [-0.1, -0.05) is 6.92 Å². The zero-order valence-electron chi connectivity index (χ0n) is 4.61. The SMILES string of the molecule is CC1[C]OCCC1. The van der Waals surface area contributed by atoms with Crippen LogP contribution >= 0.6 is 0 Å². The third kappa shape index (κ3) is 1.48. The molecule has 0 aliphatic carbocycles. The highest BCUT2D eigenvalue weighted by Crippen LogP contribution is 2.14. The molecule has 0 saturated carbocycles. The standard InChI is InChI=1S/C6H10O/c1-6-3-2-4-7-5-6/h6H,2-4H2,1H3. The summed E-state index contributed by atoms with van der Waals surface area (Å²) in [5.74, 6) is 0.564. The Morgan fingerprint density at radius 1 is 1.71 bits per heavy atom. The molecule has 0 aromatic carbocycles. The number of hydrogen-bond donors (Lipinski definition) is 0. The van der Waals surface area contributed by atoms with Crippen LogP contribution in [0.25, 0.3) is 0 Å². The molecule has 1 aliphatic rings. The fraction of sp³-hybridized carbons (Fsp3) is 0.833. The summed E-state index contributed by atoms with van der Waals surface area (Å²) >= 11 is 0. The zero-order valence-corrected chi connectivity index (χ0v) is 4.61. The molecule has 1 nitrogen and oxygen atoms in total. The Morgan fingerprint density at radius 3 is 2.86 bits per heavy atom. The number of hydrogen-bond acceptors (Lipinski definition) is 1. The van der Waals surface area contributed by atoms with E-state index in [-0.39, 0.29) is 0 Å². The highest BCUT2D eigenvalue weighted by Gasteiger charge is 2.08. The predicted molar refractivity (Wildman–Crippen MR) is 27.6 cm³/mol. The highest BCUT2D eigenvalue weighted by molar-refractivity contribution is 4.66. The second-order valence-electron chi connectivity index (χ2n) is 2.01. The first kappa shape index (κ1) is 5.10. The quantitative estimate of drug-likeness (QED) is 0.446. The summed E-state index contributed by atoms with van der Waals surface area (Å²) in [5, 5.41) is 0. The van der Waals surface area contributed by atoms with Crippen LogP contribution in [0.3, 0.4) is 0 Å². The van der Waals surface area contributed by atoms with Crippen LogP contribution in [0.2, 0.25) is 0 Å². The molecule has 1 atom stereocenters. The molecule has 1 saturated heterocycles. The van der Waals surface area contributed by atoms with Gasteiger partial charge >= 0.3 is 0 Å². The van der Waals surface area contributed by atoms with Crippen LogP contribution in [0.15, 0.2) is 0 Å². The lowest BCUT2D eigenvalue weighted by molar-refractivity contribution is 0.123. The molecule has 1 fully saturated rings. The van der Waals surface area contributed by atoms with Crippen molar-refractivity contribution < 1.29 is 4.74 Å². The van der Waals surface area contributed by atoms with Crippen molar-refractivity contribution in [1.29, 1.82) is 0 Å². The van der Waals surface area contributed by atoms with E-state index in [0.717, 1.165) is 6.61 Å². The Kier molecular flexibility index (Phi) is 1.69. The first-order valence-electron chi connectivity index (χ1n) is 2.77. The normalized spacial score (nSPS) is 33.0. The van der Waals surface area contributed by atoms with E-state index in [1.54, 1.807) is 0 Å². The maximum absolute atomic E-state index is 4.93. The van der Waals surface area contributed by atoms with E-state index in [1.807, 2.05) is 0 Å². The van der Waals surface area contributed by atoms with Crippen LogP contribution in [-0.2, 0) is 4.74 Å². The van der Waals surface area contributed by atoms with Gasteiger partial charge in [0.05, 0.1) is 0 Å². The molecule has 0 aromatic rings. The average molecular weight is 98.1 g/mol. The molecule has 1 aliphatic heterocycles. The van der Waals surface area contributed by atoms with Crippen LogP contribution in [0.1, 0.15) is 19.8 Å². The Balaban J connectivity index is 2.12. The fourth-order valence-corrected chi connectivity index (χ4v) is 0.722. The monoisotopic (exact) mass is 98.1 g/mol. The van der Waals surface area contributed by atoms with Gasteiger partial charge in [-0.2, -0.15) is 0 Å². The molecule has 7 heavy (non-hydrogen) atoms. The molecule has 1 unspecified atom stereocenters. The second-order valence-corrected chi connectivity index (χ2v) is 2.01. The van der Waals surface area contributed by atoms with Crippen molar-refractivity contribution in [2.75, 3.05) is 6.61 Å². The Morgan fingerprint density at radius 2 is 2.57 bits per heavy atom. The largest absolute Gasteiger partial charge is 0.368 e. The summed E-state index contributed by atoms with van der Waals surface area (Å²) in [7, 11) is 0. The molecule has 1 heteroatoms. The summed E-state index contributed by atoms with van der Waals surface area (Å²) < 4.78 is 4.93. The van der Waals surface area contributed by atoms with Crippen LogP contribution in [0.5, 0.6) is 0 Å². The van der Waals surface area contributed by atoms with Crippen LogP contribution in [-0.4, -0.2) is 6.61 Å². The Labute approximate surface area is 44.7 Å². The lowest BCUT2D eigenvalue weighted by Gasteiger charge is -2.14. The van der Waals surface area contributed by atoms with Crippen LogP contribution in [0, 0.1) is 12.5 Å². The van der Waals surface area contributed by atoms with E-state index in [1.165, 1.54) is 12.8 Å². The van der Waals surface area contributed by atoms with Crippen molar-refractivity contribution in [1.82, 2.24) is 0 Å². The van der Waals surface area contributed by atoms with Crippen molar-refractivity contribution >= 4 is 0 Å². The van der Waals surface area contributed by atoms with Gasteiger partial charge in [-0.3, -0.25) is 0 Å². The van der Waals surface area contributed by atoms with Crippen molar-refractivity contribution in [3.05, 3.63) is 6.61 Å². The van der Waals surface area contributed by atoms with Crippen molar-refractivity contribution in [2.45, 2.75) is 19.8 Å². The highest BCUT2D eigenvalue weighted by atomic mass is 16.5. The Bertz CT molecular complexity index is 46.1. The van der Waals surface area contributed by atoms with Crippen molar-refractivity contribution in [2.24, 2.45) is 5.92 Å². The summed E-state index contributed by atoms with van der Waals surface area (Å²) in [4.78, 5) is 0. The lowest BCUT2D eigenvalue weighted by Crippen LogP contribution is -2.08. The molecule has 1 rings (SSSR count). The number of ether oxygens (including phenoxy) is 1. The molecule has 0 spiro atoms. The molecule has 0 N–H and O–H groups in total. The fourth-order valence-electron chi connectivity index (χ4n) is 0.722. The smallest absolute Gasteiger partial charge is 0.135 e. The van der Waals surface area contributed by atoms with E-state index in [2.05, 4.69) is 13.5 Å². The Hall–Kier alpha value is -0.0400. The van der Waals surface area contributed by atoms with Gasteiger partial charge in [0.2, 0.25) is 0 Å². The topological polar surface area (TPSA) is 9.23 Å². The summed E-state index contributed by atoms with van der Waals surface area (Å²) in [6.07, 6.45) is 2.45. The molecular weight excluding hydrogens is 88.1 g/mol. The van der Waals surface area contributed by atoms with Gasteiger partial charge in [0, 0.05) is 6.61 Å². The minimum atomic E-state index is 0.564. The molecule has 2 radical (unpaired) electrons. The van der Waals surface area contributed by atoms with Crippen molar-refractivity contribution in [3.8, 4) is 0 Å². The van der Waals surface area contributed by atoms with Gasteiger partial charge in [0.15, 0.2) is 0 Å². The van der Waals surface area contributed by atoms with Gasteiger partial charge in [0.1, 0.15) is 6.61 Å². The van der Waals surface area contributed by atoms with E-state index < -0.39 is 0 Å². The van der Waals surface area contributed by atoms with Gasteiger partial charge in [-0.05, 0) is 18.8 Å². The third-order valence-corrected chi connectivity index (χ3v) is 1.17. The maximum Gasteiger partial charge on any atom is 0.135 e. The summed E-state index contributed by atoms with van der Waals surface area (Å²) in [5.41, 5.74) is 0. The van der Waals surface area contributed by atoms with E-state index in [9.17, 15) is 0 Å².